The fourth-order valence-corrected chi connectivity index (χ4v) is 3.57. The molecule has 0 aliphatic carbocycles. The van der Waals surface area contributed by atoms with Crippen molar-refractivity contribution in [1.29, 1.82) is 0 Å². The monoisotopic (exact) mass is 526 g/mol. The van der Waals surface area contributed by atoms with Crippen molar-refractivity contribution < 1.29 is 23.9 Å². The molecule has 3 aromatic carbocycles. The Morgan fingerprint density at radius 2 is 1.64 bits per heavy atom. The number of carbonyl (C=O) groups excluding carboxylic acids is 3. The van der Waals surface area contributed by atoms with E-state index in [0.29, 0.717) is 28.4 Å². The van der Waals surface area contributed by atoms with Crippen molar-refractivity contribution in [3.05, 3.63) is 93.6 Å². The molecule has 2 amide bonds. The summed E-state index contributed by atoms with van der Waals surface area (Å²) in [7, 11) is 1.49. The Morgan fingerprint density at radius 1 is 0.939 bits per heavy atom. The molecule has 4 rings (SSSR count). The van der Waals surface area contributed by atoms with E-state index < -0.39 is 17.8 Å². The summed E-state index contributed by atoms with van der Waals surface area (Å²) in [4.78, 5) is 38.9. The molecule has 3 aromatic rings. The van der Waals surface area contributed by atoms with Crippen molar-refractivity contribution in [3.63, 3.8) is 0 Å². The van der Waals surface area contributed by atoms with E-state index in [0.717, 1.165) is 9.37 Å². The first-order chi connectivity index (χ1) is 15.9. The summed E-state index contributed by atoms with van der Waals surface area (Å²) >= 11 is 9.49. The fourth-order valence-electron chi connectivity index (χ4n) is 3.10. The highest BCUT2D eigenvalue weighted by molar-refractivity contribution is 9.10. The summed E-state index contributed by atoms with van der Waals surface area (Å²) in [5.41, 5.74) is 1.06. The fraction of sp³-hybridized carbons (Fsp3) is 0.0417. The second-order valence-corrected chi connectivity index (χ2v) is 8.18. The van der Waals surface area contributed by atoms with Crippen LogP contribution in [0.5, 0.6) is 11.5 Å². The number of hydrogen-bond donors (Lipinski definition) is 1. The third-order valence-corrected chi connectivity index (χ3v) is 5.63. The van der Waals surface area contributed by atoms with Gasteiger partial charge in [-0.1, -0.05) is 33.6 Å². The van der Waals surface area contributed by atoms with Crippen LogP contribution in [0.2, 0.25) is 0 Å². The number of rotatable bonds is 6. The molecule has 1 N–H and O–H groups in total. The summed E-state index contributed by atoms with van der Waals surface area (Å²) in [5, 5.41) is 2.63. The van der Waals surface area contributed by atoms with Crippen molar-refractivity contribution >= 4 is 56.7 Å². The van der Waals surface area contributed by atoms with Crippen LogP contribution in [0.3, 0.4) is 0 Å². The van der Waals surface area contributed by atoms with E-state index in [-0.39, 0.29) is 10.7 Å². The van der Waals surface area contributed by atoms with Gasteiger partial charge in [-0.25, -0.2) is 9.69 Å². The number of benzene rings is 3. The minimum atomic E-state index is -0.646. The molecule has 166 valence electrons. The van der Waals surface area contributed by atoms with Gasteiger partial charge in [0.05, 0.1) is 18.4 Å². The number of nitrogens with one attached hydrogen (secondary N) is 1. The van der Waals surface area contributed by atoms with Crippen molar-refractivity contribution in [2.45, 2.75) is 0 Å². The average molecular weight is 528 g/mol. The Kier molecular flexibility index (Phi) is 6.48. The molecule has 1 aliphatic rings. The summed E-state index contributed by atoms with van der Waals surface area (Å²) in [6.07, 6.45) is 0. The zero-order valence-electron chi connectivity index (χ0n) is 17.2. The van der Waals surface area contributed by atoms with Crippen LogP contribution in [-0.2, 0) is 9.59 Å². The van der Waals surface area contributed by atoms with Crippen LogP contribution in [0.1, 0.15) is 10.4 Å². The Hall–Kier alpha value is -3.62. The SMILES string of the molecule is COc1cccc(N2C(=O)C(Cl)=C(Nc3ccc(C(=O)Oc4ccc(Br)cc4)cc3)C2=O)c1. The number of imide groups is 1. The predicted octanol–water partition coefficient (Wildman–Crippen LogP) is 5.11. The van der Waals surface area contributed by atoms with Crippen LogP contribution in [0.25, 0.3) is 0 Å². The first-order valence-electron chi connectivity index (χ1n) is 9.65. The number of ether oxygens (including phenoxy) is 2. The first-order valence-corrected chi connectivity index (χ1v) is 10.8. The van der Waals surface area contributed by atoms with Gasteiger partial charge in [-0.3, -0.25) is 9.59 Å². The standard InChI is InChI=1S/C24H16BrClN2O5/c1-32-19-4-2-3-17(13-19)28-22(29)20(26)21(23(28)30)27-16-9-5-14(6-10-16)24(31)33-18-11-7-15(25)8-12-18/h2-13,27H,1H3. The van der Waals surface area contributed by atoms with Gasteiger partial charge in [-0.15, -0.1) is 0 Å². The lowest BCUT2D eigenvalue weighted by molar-refractivity contribution is -0.120. The molecule has 7 nitrogen and oxygen atoms in total. The number of halogens is 2. The smallest absolute Gasteiger partial charge is 0.343 e. The summed E-state index contributed by atoms with van der Waals surface area (Å²) in [6.45, 7) is 0. The van der Waals surface area contributed by atoms with Gasteiger partial charge in [-0.2, -0.15) is 0 Å². The van der Waals surface area contributed by atoms with Crippen LogP contribution in [0.4, 0.5) is 11.4 Å². The molecule has 0 spiro atoms. The third-order valence-electron chi connectivity index (χ3n) is 4.75. The lowest BCUT2D eigenvalue weighted by atomic mass is 10.2. The average Bonchev–Trinajstić information content (AvgIpc) is 3.04. The second-order valence-electron chi connectivity index (χ2n) is 6.88. The molecule has 33 heavy (non-hydrogen) atoms. The highest BCUT2D eigenvalue weighted by Gasteiger charge is 2.39. The van der Waals surface area contributed by atoms with E-state index in [9.17, 15) is 14.4 Å². The number of methoxy groups -OCH3 is 1. The van der Waals surface area contributed by atoms with Gasteiger partial charge >= 0.3 is 5.97 Å². The molecule has 0 saturated carbocycles. The highest BCUT2D eigenvalue weighted by Crippen LogP contribution is 2.31. The molecular weight excluding hydrogens is 512 g/mol. The molecule has 0 radical (unpaired) electrons. The zero-order chi connectivity index (χ0) is 23.5. The van der Waals surface area contributed by atoms with Gasteiger partial charge in [0.1, 0.15) is 22.2 Å². The Labute approximate surface area is 202 Å². The number of nitrogens with zero attached hydrogens (tertiary/aromatic N) is 1. The number of carbonyl (C=O) groups is 3. The van der Waals surface area contributed by atoms with Crippen molar-refractivity contribution in [2.24, 2.45) is 0 Å². The number of anilines is 2. The van der Waals surface area contributed by atoms with Crippen molar-refractivity contribution in [1.82, 2.24) is 0 Å². The van der Waals surface area contributed by atoms with Crippen LogP contribution in [0, 0.1) is 0 Å². The van der Waals surface area contributed by atoms with Crippen LogP contribution in [0.15, 0.2) is 88.0 Å². The van der Waals surface area contributed by atoms with Gasteiger partial charge in [0, 0.05) is 16.2 Å². The number of esters is 1. The molecule has 0 fully saturated rings. The highest BCUT2D eigenvalue weighted by atomic mass is 79.9. The predicted molar refractivity (Wildman–Crippen MR) is 128 cm³/mol. The molecule has 0 aromatic heterocycles. The summed E-state index contributed by atoms with van der Waals surface area (Å²) in [5.74, 6) is -0.868. The van der Waals surface area contributed by atoms with Gasteiger partial charge in [0.25, 0.3) is 11.8 Å². The lowest BCUT2D eigenvalue weighted by Crippen LogP contribution is -2.32. The normalized spacial score (nSPS) is 13.4. The first kappa shape index (κ1) is 22.6. The second kappa shape index (κ2) is 9.48. The van der Waals surface area contributed by atoms with Crippen LogP contribution < -0.4 is 19.7 Å². The molecule has 1 heterocycles. The van der Waals surface area contributed by atoms with Gasteiger partial charge in [-0.05, 0) is 60.7 Å². The maximum absolute atomic E-state index is 12.9. The maximum atomic E-state index is 12.9. The van der Waals surface area contributed by atoms with E-state index in [1.54, 1.807) is 72.8 Å². The number of hydrogen-bond acceptors (Lipinski definition) is 6. The summed E-state index contributed by atoms with van der Waals surface area (Å²) in [6, 6.07) is 19.7. The minimum Gasteiger partial charge on any atom is -0.497 e. The number of amides is 2. The Balaban J connectivity index is 1.48. The van der Waals surface area contributed by atoms with Crippen LogP contribution in [-0.4, -0.2) is 24.9 Å². The van der Waals surface area contributed by atoms with Crippen molar-refractivity contribution in [3.8, 4) is 11.5 Å². The van der Waals surface area contributed by atoms with Gasteiger partial charge in [0.15, 0.2) is 0 Å². The van der Waals surface area contributed by atoms with Gasteiger partial charge < -0.3 is 14.8 Å². The minimum absolute atomic E-state index is 0.0605. The van der Waals surface area contributed by atoms with E-state index in [1.165, 1.54) is 7.11 Å². The lowest BCUT2D eigenvalue weighted by Gasteiger charge is -2.16. The Morgan fingerprint density at radius 3 is 2.30 bits per heavy atom. The molecule has 0 saturated heterocycles. The summed E-state index contributed by atoms with van der Waals surface area (Å²) < 4.78 is 11.4. The van der Waals surface area contributed by atoms with E-state index >= 15 is 0 Å². The zero-order valence-corrected chi connectivity index (χ0v) is 19.5. The molecule has 9 heteroatoms. The topological polar surface area (TPSA) is 84.9 Å². The quantitative estimate of drug-likeness (QED) is 0.272. The van der Waals surface area contributed by atoms with Crippen LogP contribution >= 0.6 is 27.5 Å². The third kappa shape index (κ3) is 4.76. The van der Waals surface area contributed by atoms with E-state index in [2.05, 4.69) is 21.2 Å². The molecule has 0 unspecified atom stereocenters. The van der Waals surface area contributed by atoms with Crippen molar-refractivity contribution in [2.75, 3.05) is 17.3 Å². The van der Waals surface area contributed by atoms with E-state index in [1.807, 2.05) is 0 Å². The molecule has 1 aliphatic heterocycles. The van der Waals surface area contributed by atoms with Gasteiger partial charge in [0.2, 0.25) is 0 Å². The van der Waals surface area contributed by atoms with E-state index in [4.69, 9.17) is 21.1 Å². The molecular formula is C24H16BrClN2O5. The molecule has 0 bridgehead atoms. The largest absolute Gasteiger partial charge is 0.497 e. The maximum Gasteiger partial charge on any atom is 0.343 e. The molecule has 0 atom stereocenters. The Bertz CT molecular complexity index is 1270.